The summed E-state index contributed by atoms with van der Waals surface area (Å²) in [4.78, 5) is 11.8. The minimum Gasteiger partial charge on any atom is -0.351 e. The first-order valence-electron chi connectivity index (χ1n) is 6.53. The van der Waals surface area contributed by atoms with Crippen LogP contribution < -0.4 is 5.32 Å². The summed E-state index contributed by atoms with van der Waals surface area (Å²) in [6, 6.07) is 5.16. The van der Waals surface area contributed by atoms with Crippen LogP contribution in [0.15, 0.2) is 24.3 Å². The van der Waals surface area contributed by atoms with Crippen molar-refractivity contribution in [1.29, 1.82) is 0 Å². The van der Waals surface area contributed by atoms with Gasteiger partial charge >= 0.3 is 0 Å². The van der Waals surface area contributed by atoms with Crippen LogP contribution in [0, 0.1) is 5.82 Å². The van der Waals surface area contributed by atoms with Crippen molar-refractivity contribution in [1.82, 2.24) is 9.62 Å². The first kappa shape index (κ1) is 17.6. The van der Waals surface area contributed by atoms with Gasteiger partial charge in [0.25, 0.3) is 5.91 Å². The third-order valence-electron chi connectivity index (χ3n) is 2.86. The van der Waals surface area contributed by atoms with Crippen molar-refractivity contribution in [3.05, 3.63) is 35.6 Å². The van der Waals surface area contributed by atoms with Gasteiger partial charge in [-0.2, -0.15) is 4.31 Å². The Morgan fingerprint density at radius 3 is 2.19 bits per heavy atom. The number of carbonyl (C=O) groups excluding carboxylic acids is 1. The fraction of sp³-hybridized carbons (Fsp3) is 0.500. The lowest BCUT2D eigenvalue weighted by Crippen LogP contribution is -2.48. The third-order valence-corrected chi connectivity index (χ3v) is 4.39. The largest absolute Gasteiger partial charge is 0.351 e. The summed E-state index contributed by atoms with van der Waals surface area (Å²) in [5.74, 6) is -0.778. The maximum Gasteiger partial charge on any atom is 0.251 e. The van der Waals surface area contributed by atoms with Gasteiger partial charge in [0.1, 0.15) is 5.82 Å². The second kappa shape index (κ2) is 6.53. The van der Waals surface area contributed by atoms with Gasteiger partial charge in [-0.25, -0.2) is 12.8 Å². The maximum atomic E-state index is 12.8. The highest BCUT2D eigenvalue weighted by Gasteiger charge is 2.28. The van der Waals surface area contributed by atoms with Gasteiger partial charge in [0.15, 0.2) is 0 Å². The highest BCUT2D eigenvalue weighted by molar-refractivity contribution is 7.88. The van der Waals surface area contributed by atoms with Gasteiger partial charge in [0, 0.05) is 24.2 Å². The molecule has 0 aliphatic heterocycles. The molecule has 0 radical (unpaired) electrons. The molecule has 0 saturated heterocycles. The molecule has 5 nitrogen and oxygen atoms in total. The van der Waals surface area contributed by atoms with E-state index >= 15 is 0 Å². The number of amides is 1. The summed E-state index contributed by atoms with van der Waals surface area (Å²) in [6.45, 7) is 5.72. The van der Waals surface area contributed by atoms with Gasteiger partial charge in [0.2, 0.25) is 10.0 Å². The number of rotatable bonds is 5. The quantitative estimate of drug-likeness (QED) is 0.897. The smallest absolute Gasteiger partial charge is 0.251 e. The van der Waals surface area contributed by atoms with E-state index in [0.717, 1.165) is 6.26 Å². The molecular formula is C14H21FN2O3S. The summed E-state index contributed by atoms with van der Waals surface area (Å²) in [7, 11) is -3.36. The van der Waals surface area contributed by atoms with Crippen molar-refractivity contribution in [3.63, 3.8) is 0 Å². The van der Waals surface area contributed by atoms with Gasteiger partial charge in [-0.15, -0.1) is 0 Å². The summed E-state index contributed by atoms with van der Waals surface area (Å²) in [6.07, 6.45) is 1.14. The zero-order valence-electron chi connectivity index (χ0n) is 12.7. The Morgan fingerprint density at radius 2 is 1.76 bits per heavy atom. The lowest BCUT2D eigenvalue weighted by Gasteiger charge is -2.33. The van der Waals surface area contributed by atoms with Crippen LogP contribution in [0.25, 0.3) is 0 Å². The van der Waals surface area contributed by atoms with Crippen LogP contribution in [0.2, 0.25) is 0 Å². The van der Waals surface area contributed by atoms with Gasteiger partial charge in [0.05, 0.1) is 6.26 Å². The normalized spacial score (nSPS) is 12.5. The Morgan fingerprint density at radius 1 is 1.24 bits per heavy atom. The Labute approximate surface area is 125 Å². The molecule has 1 rings (SSSR count). The number of hydrogen-bond donors (Lipinski definition) is 1. The number of nitrogens with one attached hydrogen (secondary N) is 1. The second-order valence-electron chi connectivity index (χ2n) is 5.77. The predicted octanol–water partition coefficient (Wildman–Crippen LogP) is 1.62. The first-order valence-corrected chi connectivity index (χ1v) is 8.38. The Kier molecular flexibility index (Phi) is 5.47. The fourth-order valence-corrected chi connectivity index (χ4v) is 3.39. The highest BCUT2D eigenvalue weighted by atomic mass is 32.2. The maximum absolute atomic E-state index is 12.8. The Hall–Kier alpha value is -1.47. The van der Waals surface area contributed by atoms with E-state index in [9.17, 15) is 17.6 Å². The third kappa shape index (κ3) is 5.43. The van der Waals surface area contributed by atoms with E-state index < -0.39 is 21.4 Å². The molecule has 0 atom stereocenters. The molecule has 1 N–H and O–H groups in total. The molecule has 0 heterocycles. The van der Waals surface area contributed by atoms with Crippen molar-refractivity contribution in [2.24, 2.45) is 0 Å². The minimum absolute atomic E-state index is 0.176. The first-order chi connectivity index (χ1) is 9.51. The molecule has 118 valence electrons. The van der Waals surface area contributed by atoms with Crippen LogP contribution in [0.1, 0.15) is 31.1 Å². The van der Waals surface area contributed by atoms with Crippen LogP contribution in [0.4, 0.5) is 4.39 Å². The van der Waals surface area contributed by atoms with Crippen molar-refractivity contribution >= 4 is 15.9 Å². The molecule has 0 aliphatic rings. The minimum atomic E-state index is -3.36. The molecule has 0 aromatic heterocycles. The Bertz CT molecular complexity index is 592. The second-order valence-corrected chi connectivity index (χ2v) is 7.68. The number of sulfonamides is 1. The number of hydrogen-bond acceptors (Lipinski definition) is 3. The van der Waals surface area contributed by atoms with Crippen molar-refractivity contribution in [3.8, 4) is 0 Å². The standard InChI is InChI=1S/C14H21FN2O3S/c1-14(2,3)17(21(4,19)20)10-9-16-13(18)11-5-7-12(15)8-6-11/h5-8H,9-10H2,1-4H3,(H,16,18). The highest BCUT2D eigenvalue weighted by Crippen LogP contribution is 2.16. The van der Waals surface area contributed by atoms with Crippen LogP contribution >= 0.6 is 0 Å². The van der Waals surface area contributed by atoms with E-state index in [1.54, 1.807) is 20.8 Å². The predicted molar refractivity (Wildman–Crippen MR) is 80.0 cm³/mol. The van der Waals surface area contributed by atoms with E-state index in [4.69, 9.17) is 0 Å². The van der Waals surface area contributed by atoms with E-state index in [0.29, 0.717) is 5.56 Å². The van der Waals surface area contributed by atoms with Gasteiger partial charge < -0.3 is 5.32 Å². The molecule has 1 amide bonds. The van der Waals surface area contributed by atoms with E-state index in [-0.39, 0.29) is 19.0 Å². The van der Waals surface area contributed by atoms with Crippen LogP contribution in [-0.4, -0.2) is 43.5 Å². The lowest BCUT2D eigenvalue weighted by molar-refractivity contribution is 0.0948. The molecule has 1 aromatic rings. The van der Waals surface area contributed by atoms with Gasteiger partial charge in [-0.05, 0) is 45.0 Å². The van der Waals surface area contributed by atoms with E-state index in [1.807, 2.05) is 0 Å². The number of carbonyl (C=O) groups is 1. The molecule has 0 unspecified atom stereocenters. The van der Waals surface area contributed by atoms with Crippen molar-refractivity contribution in [2.75, 3.05) is 19.3 Å². The van der Waals surface area contributed by atoms with Crippen LogP contribution in [-0.2, 0) is 10.0 Å². The molecule has 1 aromatic carbocycles. The summed E-state index contributed by atoms with van der Waals surface area (Å²) < 4.78 is 37.6. The van der Waals surface area contributed by atoms with Gasteiger partial charge in [-0.1, -0.05) is 0 Å². The summed E-state index contributed by atoms with van der Waals surface area (Å²) in [5.41, 5.74) is -0.230. The van der Waals surface area contributed by atoms with Crippen LogP contribution in [0.3, 0.4) is 0 Å². The number of benzene rings is 1. The van der Waals surface area contributed by atoms with Crippen molar-refractivity contribution < 1.29 is 17.6 Å². The zero-order valence-corrected chi connectivity index (χ0v) is 13.5. The molecule has 0 saturated carbocycles. The molecular weight excluding hydrogens is 295 g/mol. The van der Waals surface area contributed by atoms with Crippen molar-refractivity contribution in [2.45, 2.75) is 26.3 Å². The number of halogens is 1. The SMILES string of the molecule is CC(C)(C)N(CCNC(=O)c1ccc(F)cc1)S(C)(=O)=O. The van der Waals surface area contributed by atoms with Crippen LogP contribution in [0.5, 0.6) is 0 Å². The molecule has 0 fully saturated rings. The average molecular weight is 316 g/mol. The molecule has 7 heteroatoms. The molecule has 0 spiro atoms. The fourth-order valence-electron chi connectivity index (χ4n) is 1.97. The molecule has 0 bridgehead atoms. The lowest BCUT2D eigenvalue weighted by atomic mass is 10.1. The summed E-state index contributed by atoms with van der Waals surface area (Å²) in [5, 5.41) is 2.63. The molecule has 0 aliphatic carbocycles. The van der Waals surface area contributed by atoms with E-state index in [1.165, 1.54) is 28.6 Å². The van der Waals surface area contributed by atoms with E-state index in [2.05, 4.69) is 5.32 Å². The topological polar surface area (TPSA) is 66.5 Å². The monoisotopic (exact) mass is 316 g/mol. The molecule has 21 heavy (non-hydrogen) atoms. The van der Waals surface area contributed by atoms with Gasteiger partial charge in [-0.3, -0.25) is 4.79 Å². The summed E-state index contributed by atoms with van der Waals surface area (Å²) >= 11 is 0. The Balaban J connectivity index is 2.63. The number of nitrogens with zero attached hydrogens (tertiary/aromatic N) is 1. The zero-order chi connectivity index (χ0) is 16.3. The average Bonchev–Trinajstić information content (AvgIpc) is 2.32.